The highest BCUT2D eigenvalue weighted by Crippen LogP contribution is 2.66. The number of Topliss-reactive ketones (excluding diaryl/α,β-unsaturated/α-hetero) is 1. The number of benzene rings is 1. The molecule has 2 aliphatic rings. The molecule has 2 nitrogen and oxygen atoms in total. The van der Waals surface area contributed by atoms with Gasteiger partial charge in [-0.1, -0.05) is 51.1 Å². The molecular weight excluding hydrogens is 246 g/mol. The molecule has 106 valence electrons. The fraction of sp³-hybridized carbons (Fsp3) is 0.500. The Labute approximate surface area is 121 Å². The SMILES string of the molecule is CC12CCC(C(=C(CN)c3ccccc3)C1=O)C2(C)C. The van der Waals surface area contributed by atoms with E-state index in [1.165, 1.54) is 0 Å². The predicted octanol–water partition coefficient (Wildman–Crippen LogP) is 3.42. The minimum absolute atomic E-state index is 0.0502. The van der Waals surface area contributed by atoms with Crippen molar-refractivity contribution in [1.82, 2.24) is 0 Å². The van der Waals surface area contributed by atoms with Crippen molar-refractivity contribution in [3.8, 4) is 0 Å². The van der Waals surface area contributed by atoms with Crippen LogP contribution in [0.5, 0.6) is 0 Å². The first-order chi connectivity index (χ1) is 9.43. The summed E-state index contributed by atoms with van der Waals surface area (Å²) in [5, 5.41) is 0. The van der Waals surface area contributed by atoms with Gasteiger partial charge in [0.25, 0.3) is 0 Å². The lowest BCUT2D eigenvalue weighted by Gasteiger charge is -2.31. The highest BCUT2D eigenvalue weighted by atomic mass is 16.1. The van der Waals surface area contributed by atoms with Crippen LogP contribution in [0.3, 0.4) is 0 Å². The van der Waals surface area contributed by atoms with Crippen LogP contribution < -0.4 is 5.73 Å². The molecule has 0 aliphatic heterocycles. The molecular formula is C18H23NO. The van der Waals surface area contributed by atoms with E-state index in [9.17, 15) is 4.79 Å². The van der Waals surface area contributed by atoms with Crippen molar-refractivity contribution in [3.05, 3.63) is 41.5 Å². The van der Waals surface area contributed by atoms with Crippen molar-refractivity contribution in [2.24, 2.45) is 22.5 Å². The van der Waals surface area contributed by atoms with E-state index < -0.39 is 0 Å². The molecule has 0 aromatic heterocycles. The molecule has 0 heterocycles. The van der Waals surface area contributed by atoms with Crippen molar-refractivity contribution in [1.29, 1.82) is 0 Å². The van der Waals surface area contributed by atoms with Gasteiger partial charge in [0.2, 0.25) is 0 Å². The molecule has 0 saturated heterocycles. The Balaban J connectivity index is 2.19. The fourth-order valence-corrected chi connectivity index (χ4v) is 4.24. The van der Waals surface area contributed by atoms with Gasteiger partial charge in [0.1, 0.15) is 0 Å². The maximum absolute atomic E-state index is 13.0. The number of carbonyl (C=O) groups is 1. The first-order valence-corrected chi connectivity index (χ1v) is 7.47. The van der Waals surface area contributed by atoms with Gasteiger partial charge in [-0.15, -0.1) is 0 Å². The van der Waals surface area contributed by atoms with Gasteiger partial charge in [0.05, 0.1) is 0 Å². The van der Waals surface area contributed by atoms with Crippen molar-refractivity contribution in [3.63, 3.8) is 0 Å². The molecule has 1 aromatic carbocycles. The third-order valence-corrected chi connectivity index (χ3v) is 5.97. The lowest BCUT2D eigenvalue weighted by Crippen LogP contribution is -2.32. The second-order valence-electron chi connectivity index (χ2n) is 6.94. The van der Waals surface area contributed by atoms with Gasteiger partial charge < -0.3 is 5.73 Å². The van der Waals surface area contributed by atoms with E-state index in [0.29, 0.717) is 18.2 Å². The van der Waals surface area contributed by atoms with E-state index in [2.05, 4.69) is 32.9 Å². The minimum atomic E-state index is -0.206. The second-order valence-corrected chi connectivity index (χ2v) is 6.94. The predicted molar refractivity (Wildman–Crippen MR) is 82.0 cm³/mol. The molecule has 2 fully saturated rings. The third-order valence-electron chi connectivity index (χ3n) is 5.97. The van der Waals surface area contributed by atoms with E-state index in [1.54, 1.807) is 0 Å². The van der Waals surface area contributed by atoms with Crippen LogP contribution in [-0.4, -0.2) is 12.3 Å². The quantitative estimate of drug-likeness (QED) is 0.836. The minimum Gasteiger partial charge on any atom is -0.326 e. The highest BCUT2D eigenvalue weighted by Gasteiger charge is 2.64. The zero-order valence-corrected chi connectivity index (χ0v) is 12.6. The summed E-state index contributed by atoms with van der Waals surface area (Å²) in [6.07, 6.45) is 2.13. The third kappa shape index (κ3) is 1.51. The normalized spacial score (nSPS) is 33.6. The number of allylic oxidation sites excluding steroid dienone is 1. The van der Waals surface area contributed by atoms with Gasteiger partial charge in [0.15, 0.2) is 5.78 Å². The molecule has 3 rings (SSSR count). The second kappa shape index (κ2) is 4.29. The summed E-state index contributed by atoms with van der Waals surface area (Å²) in [6, 6.07) is 10.1. The standard InChI is InChI=1S/C18H23NO/c1-17(2)14-9-10-18(17,3)16(20)15(14)13(11-19)12-7-5-4-6-8-12/h4-8,14H,9-11,19H2,1-3H3. The Morgan fingerprint density at radius 2 is 1.90 bits per heavy atom. The summed E-state index contributed by atoms with van der Waals surface area (Å²) in [5.74, 6) is 0.696. The highest BCUT2D eigenvalue weighted by molar-refractivity contribution is 6.10. The van der Waals surface area contributed by atoms with E-state index >= 15 is 0 Å². The lowest BCUT2D eigenvalue weighted by molar-refractivity contribution is -0.125. The van der Waals surface area contributed by atoms with Crippen molar-refractivity contribution < 1.29 is 4.79 Å². The van der Waals surface area contributed by atoms with Crippen LogP contribution in [0.25, 0.3) is 5.57 Å². The largest absolute Gasteiger partial charge is 0.326 e. The van der Waals surface area contributed by atoms with E-state index in [0.717, 1.165) is 29.6 Å². The van der Waals surface area contributed by atoms with Crippen LogP contribution in [0.1, 0.15) is 39.2 Å². The average molecular weight is 269 g/mol. The number of fused-ring (bicyclic) bond motifs is 2. The Bertz CT molecular complexity index is 585. The van der Waals surface area contributed by atoms with Crippen molar-refractivity contribution >= 4 is 11.4 Å². The summed E-state index contributed by atoms with van der Waals surface area (Å²) in [6.45, 7) is 7.07. The molecule has 1 aromatic rings. The van der Waals surface area contributed by atoms with Crippen LogP contribution in [0.4, 0.5) is 0 Å². The topological polar surface area (TPSA) is 43.1 Å². The summed E-state index contributed by atoms with van der Waals surface area (Å²) < 4.78 is 0. The molecule has 0 amide bonds. The van der Waals surface area contributed by atoms with Gasteiger partial charge in [-0.25, -0.2) is 0 Å². The summed E-state index contributed by atoms with van der Waals surface area (Å²) >= 11 is 0. The van der Waals surface area contributed by atoms with Gasteiger partial charge >= 0.3 is 0 Å². The number of carbonyl (C=O) groups excluding carboxylic acids is 1. The maximum Gasteiger partial charge on any atom is 0.165 e. The Morgan fingerprint density at radius 3 is 2.40 bits per heavy atom. The summed E-state index contributed by atoms with van der Waals surface area (Å²) in [4.78, 5) is 13.0. The van der Waals surface area contributed by atoms with Crippen LogP contribution in [0.2, 0.25) is 0 Å². The Hall–Kier alpha value is -1.41. The zero-order valence-electron chi connectivity index (χ0n) is 12.6. The summed E-state index contributed by atoms with van der Waals surface area (Å²) in [5.41, 5.74) is 9.01. The van der Waals surface area contributed by atoms with Gasteiger partial charge in [0, 0.05) is 17.5 Å². The summed E-state index contributed by atoms with van der Waals surface area (Å²) in [7, 11) is 0. The monoisotopic (exact) mass is 269 g/mol. The zero-order chi connectivity index (χ0) is 14.5. The maximum atomic E-state index is 13.0. The number of hydrogen-bond acceptors (Lipinski definition) is 2. The lowest BCUT2D eigenvalue weighted by atomic mass is 9.70. The number of rotatable bonds is 2. The molecule has 2 unspecified atom stereocenters. The molecule has 2 heteroatoms. The van der Waals surface area contributed by atoms with Gasteiger partial charge in [-0.2, -0.15) is 0 Å². The van der Waals surface area contributed by atoms with E-state index in [-0.39, 0.29) is 10.8 Å². The van der Waals surface area contributed by atoms with Gasteiger partial charge in [-0.3, -0.25) is 4.79 Å². The van der Waals surface area contributed by atoms with Crippen LogP contribution in [0, 0.1) is 16.7 Å². The molecule has 2 saturated carbocycles. The van der Waals surface area contributed by atoms with Crippen molar-refractivity contribution in [2.45, 2.75) is 33.6 Å². The molecule has 0 radical (unpaired) electrons. The molecule has 2 N–H and O–H groups in total. The number of nitrogens with two attached hydrogens (primary N) is 1. The fourth-order valence-electron chi connectivity index (χ4n) is 4.24. The first kappa shape index (κ1) is 13.6. The number of hydrogen-bond donors (Lipinski definition) is 1. The average Bonchev–Trinajstić information content (AvgIpc) is 2.75. The first-order valence-electron chi connectivity index (χ1n) is 7.47. The van der Waals surface area contributed by atoms with Crippen LogP contribution >= 0.6 is 0 Å². The molecule has 2 aliphatic carbocycles. The Kier molecular flexibility index (Phi) is 2.91. The molecule has 2 bridgehead atoms. The van der Waals surface area contributed by atoms with E-state index in [4.69, 9.17) is 5.73 Å². The van der Waals surface area contributed by atoms with Gasteiger partial charge in [-0.05, 0) is 35.3 Å². The molecule has 0 spiro atoms. The van der Waals surface area contributed by atoms with Crippen LogP contribution in [0.15, 0.2) is 35.9 Å². The number of ketones is 1. The van der Waals surface area contributed by atoms with Crippen LogP contribution in [-0.2, 0) is 4.79 Å². The van der Waals surface area contributed by atoms with Crippen molar-refractivity contribution in [2.75, 3.05) is 6.54 Å². The van der Waals surface area contributed by atoms with E-state index in [1.807, 2.05) is 18.2 Å². The smallest absolute Gasteiger partial charge is 0.165 e. The molecule has 20 heavy (non-hydrogen) atoms. The Morgan fingerprint density at radius 1 is 1.25 bits per heavy atom. The molecule has 2 atom stereocenters.